The Morgan fingerprint density at radius 2 is 2.22 bits per heavy atom. The lowest BCUT2D eigenvalue weighted by Gasteiger charge is -1.99. The molecule has 0 radical (unpaired) electrons. The van der Waals surface area contributed by atoms with Gasteiger partial charge in [-0.25, -0.2) is 0 Å². The predicted molar refractivity (Wildman–Crippen MR) is 33.2 cm³/mol. The molecule has 0 heterocycles. The van der Waals surface area contributed by atoms with Crippen LogP contribution >= 0.6 is 0 Å². The zero-order valence-corrected chi connectivity index (χ0v) is 5.50. The summed E-state index contributed by atoms with van der Waals surface area (Å²) in [6, 6.07) is 0. The van der Waals surface area contributed by atoms with Gasteiger partial charge in [-0.15, -0.1) is 0 Å². The van der Waals surface area contributed by atoms with E-state index in [2.05, 4.69) is 0 Å². The van der Waals surface area contributed by atoms with E-state index in [1.165, 1.54) is 0 Å². The molecule has 0 saturated carbocycles. The summed E-state index contributed by atoms with van der Waals surface area (Å²) in [7, 11) is 0. The molecule has 0 aromatic heterocycles. The first-order chi connectivity index (χ1) is 4.13. The molecule has 9 heavy (non-hydrogen) atoms. The number of hydrogen-bond acceptors (Lipinski definition) is 2. The highest BCUT2D eigenvalue weighted by Gasteiger charge is 1.98. The third-order valence-electron chi connectivity index (χ3n) is 1.01. The van der Waals surface area contributed by atoms with Gasteiger partial charge in [-0.1, -0.05) is 0 Å². The van der Waals surface area contributed by atoms with Crippen molar-refractivity contribution in [2.24, 2.45) is 0 Å². The van der Waals surface area contributed by atoms with Crippen LogP contribution in [0, 0.1) is 0 Å². The molecule has 54 valence electrons. The number of aliphatic hydroxyl groups excluding tert-OH is 1. The van der Waals surface area contributed by atoms with Gasteiger partial charge in [-0.3, -0.25) is 4.79 Å². The Hall–Kier alpha value is -0.570. The minimum absolute atomic E-state index is 0.158. The van der Waals surface area contributed by atoms with Crippen molar-refractivity contribution in [3.8, 4) is 0 Å². The molecule has 2 N–H and O–H groups in total. The topological polar surface area (TPSA) is 57.5 Å². The molecule has 3 heteroatoms. The maximum atomic E-state index is 9.90. The molecule has 0 aromatic carbocycles. The van der Waals surface area contributed by atoms with Gasteiger partial charge in [-0.2, -0.15) is 0 Å². The highest BCUT2D eigenvalue weighted by Crippen LogP contribution is 1.98. The fourth-order valence-electron chi connectivity index (χ4n) is 0.549. The Kier molecular flexibility index (Phi) is 4.05. The van der Waals surface area contributed by atoms with Crippen LogP contribution in [-0.2, 0) is 4.79 Å². The van der Waals surface area contributed by atoms with Crippen LogP contribution in [0.1, 0.15) is 26.2 Å². The van der Waals surface area contributed by atoms with E-state index < -0.39 is 5.97 Å². The molecular formula is C6H12O3. The third-order valence-corrected chi connectivity index (χ3v) is 1.01. The average molecular weight is 132 g/mol. The van der Waals surface area contributed by atoms with Crippen molar-refractivity contribution < 1.29 is 15.0 Å². The molecule has 0 unspecified atom stereocenters. The van der Waals surface area contributed by atoms with E-state index >= 15 is 0 Å². The molecule has 3 nitrogen and oxygen atoms in total. The molecular weight excluding hydrogens is 120 g/mol. The molecule has 0 spiro atoms. The van der Waals surface area contributed by atoms with E-state index in [0.29, 0.717) is 12.8 Å². The fourth-order valence-corrected chi connectivity index (χ4v) is 0.549. The van der Waals surface area contributed by atoms with Gasteiger partial charge < -0.3 is 10.2 Å². The minimum atomic E-state index is -0.796. The Balaban J connectivity index is 3.01. The number of carbonyl (C=O) groups is 1. The van der Waals surface area contributed by atoms with Crippen LogP contribution in [-0.4, -0.2) is 22.3 Å². The second-order valence-corrected chi connectivity index (χ2v) is 2.13. The van der Waals surface area contributed by atoms with Crippen LogP contribution in [0.15, 0.2) is 0 Å². The number of aliphatic carboxylic acids is 1. The lowest BCUT2D eigenvalue weighted by molar-refractivity contribution is -0.137. The molecule has 0 bridgehead atoms. The number of rotatable bonds is 4. The summed E-state index contributed by atoms with van der Waals surface area (Å²) in [5.41, 5.74) is 0. The predicted octanol–water partition coefficient (Wildman–Crippen LogP) is 0.622. The zero-order valence-electron chi connectivity index (χ0n) is 5.50. The Labute approximate surface area is 54.3 Å². The molecule has 0 aliphatic carbocycles. The normalized spacial score (nSPS) is 13.1. The maximum Gasteiger partial charge on any atom is 0.303 e. The number of carboxylic acid groups (broad SMARTS) is 1. The highest BCUT2D eigenvalue weighted by molar-refractivity contribution is 5.66. The van der Waals surface area contributed by atoms with Gasteiger partial charge in [0.15, 0.2) is 0 Å². The largest absolute Gasteiger partial charge is 0.481 e. The van der Waals surface area contributed by atoms with Crippen LogP contribution in [0.4, 0.5) is 0 Å². The quantitative estimate of drug-likeness (QED) is 0.589. The van der Waals surface area contributed by atoms with Crippen LogP contribution in [0.5, 0.6) is 0 Å². The summed E-state index contributed by atoms with van der Waals surface area (Å²) in [6.45, 7) is 1.65. The zero-order chi connectivity index (χ0) is 7.28. The summed E-state index contributed by atoms with van der Waals surface area (Å²) in [4.78, 5) is 9.90. The van der Waals surface area contributed by atoms with Crippen molar-refractivity contribution >= 4 is 5.97 Å². The molecule has 0 fully saturated rings. The standard InChI is InChI=1S/C6H12O3/c1-5(7)3-2-4-6(8)9/h5,7H,2-4H2,1H3,(H,8,9)/t5-/m0/s1. The first-order valence-corrected chi connectivity index (χ1v) is 3.03. The van der Waals surface area contributed by atoms with E-state index in [-0.39, 0.29) is 12.5 Å². The Morgan fingerprint density at radius 1 is 1.67 bits per heavy atom. The second kappa shape index (κ2) is 4.32. The SMILES string of the molecule is C[C@H](O)CCCC(=O)O. The summed E-state index contributed by atoms with van der Waals surface area (Å²) in [5, 5.41) is 16.8. The van der Waals surface area contributed by atoms with Gasteiger partial charge in [0.05, 0.1) is 6.10 Å². The van der Waals surface area contributed by atoms with Crippen LogP contribution in [0.2, 0.25) is 0 Å². The third kappa shape index (κ3) is 7.43. The van der Waals surface area contributed by atoms with E-state index in [4.69, 9.17) is 10.2 Å². The van der Waals surface area contributed by atoms with Crippen molar-refractivity contribution in [2.75, 3.05) is 0 Å². The van der Waals surface area contributed by atoms with Gasteiger partial charge in [-0.05, 0) is 19.8 Å². The fraction of sp³-hybridized carbons (Fsp3) is 0.833. The van der Waals surface area contributed by atoms with Crippen LogP contribution in [0.25, 0.3) is 0 Å². The smallest absolute Gasteiger partial charge is 0.303 e. The van der Waals surface area contributed by atoms with Crippen molar-refractivity contribution in [2.45, 2.75) is 32.3 Å². The van der Waals surface area contributed by atoms with E-state index in [0.717, 1.165) is 0 Å². The van der Waals surface area contributed by atoms with E-state index in [1.54, 1.807) is 6.92 Å². The monoisotopic (exact) mass is 132 g/mol. The first kappa shape index (κ1) is 8.43. The molecule has 0 aliphatic rings. The van der Waals surface area contributed by atoms with Gasteiger partial charge in [0.25, 0.3) is 0 Å². The van der Waals surface area contributed by atoms with Crippen molar-refractivity contribution in [1.29, 1.82) is 0 Å². The minimum Gasteiger partial charge on any atom is -0.481 e. The maximum absolute atomic E-state index is 9.90. The lowest BCUT2D eigenvalue weighted by atomic mass is 10.2. The molecule has 0 rings (SSSR count). The lowest BCUT2D eigenvalue weighted by Crippen LogP contribution is -2.01. The van der Waals surface area contributed by atoms with Crippen molar-refractivity contribution in [1.82, 2.24) is 0 Å². The van der Waals surface area contributed by atoms with Crippen LogP contribution in [0.3, 0.4) is 0 Å². The molecule has 0 aliphatic heterocycles. The van der Waals surface area contributed by atoms with Gasteiger partial charge in [0, 0.05) is 6.42 Å². The highest BCUT2D eigenvalue weighted by atomic mass is 16.4. The summed E-state index contributed by atoms with van der Waals surface area (Å²) in [5.74, 6) is -0.796. The number of carboxylic acids is 1. The molecule has 1 atom stereocenters. The summed E-state index contributed by atoms with van der Waals surface area (Å²) in [6.07, 6.45) is 0.925. The first-order valence-electron chi connectivity index (χ1n) is 3.03. The molecule has 0 amide bonds. The second-order valence-electron chi connectivity index (χ2n) is 2.13. The van der Waals surface area contributed by atoms with Crippen LogP contribution < -0.4 is 0 Å². The van der Waals surface area contributed by atoms with E-state index in [1.807, 2.05) is 0 Å². The number of hydrogen-bond donors (Lipinski definition) is 2. The Morgan fingerprint density at radius 3 is 2.56 bits per heavy atom. The van der Waals surface area contributed by atoms with E-state index in [9.17, 15) is 4.79 Å². The van der Waals surface area contributed by atoms with Crippen molar-refractivity contribution in [3.63, 3.8) is 0 Å². The van der Waals surface area contributed by atoms with Crippen molar-refractivity contribution in [3.05, 3.63) is 0 Å². The van der Waals surface area contributed by atoms with Gasteiger partial charge in [0.2, 0.25) is 0 Å². The van der Waals surface area contributed by atoms with Gasteiger partial charge in [0.1, 0.15) is 0 Å². The molecule has 0 aromatic rings. The Bertz CT molecular complexity index is 88.3. The summed E-state index contributed by atoms with van der Waals surface area (Å²) < 4.78 is 0. The van der Waals surface area contributed by atoms with Gasteiger partial charge >= 0.3 is 5.97 Å². The number of aliphatic hydroxyl groups is 1. The average Bonchev–Trinajstić information content (AvgIpc) is 1.63. The summed E-state index contributed by atoms with van der Waals surface area (Å²) >= 11 is 0. The molecule has 0 saturated heterocycles.